The molecule has 1 saturated heterocycles. The molecule has 0 amide bonds. The van der Waals surface area contributed by atoms with E-state index in [-0.39, 0.29) is 6.10 Å². The van der Waals surface area contributed by atoms with Crippen molar-refractivity contribution in [2.24, 2.45) is 5.92 Å². The van der Waals surface area contributed by atoms with Gasteiger partial charge in [-0.15, -0.1) is 0 Å². The van der Waals surface area contributed by atoms with Crippen LogP contribution in [0.4, 0.5) is 0 Å². The summed E-state index contributed by atoms with van der Waals surface area (Å²) < 4.78 is 11.3. The van der Waals surface area contributed by atoms with Crippen LogP contribution in [0.15, 0.2) is 42.6 Å². The number of nitrogens with zero attached hydrogens (tertiary/aromatic N) is 1. The van der Waals surface area contributed by atoms with Crippen LogP contribution in [0.25, 0.3) is 6.08 Å². The summed E-state index contributed by atoms with van der Waals surface area (Å²) in [5, 5.41) is 10.6. The zero-order chi connectivity index (χ0) is 16.6. The molecule has 5 heteroatoms. The minimum Gasteiger partial charge on any atom is -0.496 e. The topological polar surface area (TPSA) is 59.2 Å². The summed E-state index contributed by atoms with van der Waals surface area (Å²) in [6, 6.07) is 10.0. The van der Waals surface area contributed by atoms with Crippen molar-refractivity contribution >= 4 is 6.08 Å². The molecule has 2 atom stereocenters. The van der Waals surface area contributed by atoms with Gasteiger partial charge in [-0.05, 0) is 25.0 Å². The first-order valence-corrected chi connectivity index (χ1v) is 8.49. The van der Waals surface area contributed by atoms with E-state index in [0.29, 0.717) is 5.92 Å². The van der Waals surface area contributed by atoms with Gasteiger partial charge >= 0.3 is 0 Å². The van der Waals surface area contributed by atoms with Crippen LogP contribution in [0, 0.1) is 5.92 Å². The number of aromatic nitrogens is 2. The fourth-order valence-corrected chi connectivity index (χ4v) is 3.16. The standard InChI is InChI=1S/C19H25N3O2/c1-23-18-9-3-2-6-15(18)7-4-11-20-14-16-8-5-13-24-19(16)17-10-12-21-22-17/h2-4,6-7,9-10,12,16,19-20H,5,8,11,13-14H2,1H3,(H,21,22)/b7-4+/t16-,19+/m0/s1. The highest BCUT2D eigenvalue weighted by Gasteiger charge is 2.27. The van der Waals surface area contributed by atoms with Crippen molar-refractivity contribution in [2.75, 3.05) is 26.8 Å². The van der Waals surface area contributed by atoms with Crippen molar-refractivity contribution in [3.63, 3.8) is 0 Å². The lowest BCUT2D eigenvalue weighted by atomic mass is 9.92. The number of rotatable bonds is 7. The van der Waals surface area contributed by atoms with E-state index >= 15 is 0 Å². The third-order valence-corrected chi connectivity index (χ3v) is 4.38. The van der Waals surface area contributed by atoms with E-state index in [4.69, 9.17) is 9.47 Å². The Bertz CT molecular complexity index is 640. The molecule has 1 fully saturated rings. The van der Waals surface area contributed by atoms with Crippen LogP contribution >= 0.6 is 0 Å². The Morgan fingerprint density at radius 2 is 2.29 bits per heavy atom. The molecule has 128 valence electrons. The van der Waals surface area contributed by atoms with Gasteiger partial charge in [0.05, 0.1) is 12.8 Å². The molecule has 24 heavy (non-hydrogen) atoms. The number of H-pyrrole nitrogens is 1. The minimum atomic E-state index is 0.118. The van der Waals surface area contributed by atoms with Gasteiger partial charge in [-0.3, -0.25) is 5.10 Å². The second-order valence-electron chi connectivity index (χ2n) is 6.01. The summed E-state index contributed by atoms with van der Waals surface area (Å²) in [6.07, 6.45) is 8.42. The van der Waals surface area contributed by atoms with Crippen molar-refractivity contribution in [1.82, 2.24) is 15.5 Å². The number of hydrogen-bond acceptors (Lipinski definition) is 4. The van der Waals surface area contributed by atoms with E-state index in [9.17, 15) is 0 Å². The Morgan fingerprint density at radius 3 is 3.12 bits per heavy atom. The molecule has 3 rings (SSSR count). The smallest absolute Gasteiger partial charge is 0.126 e. The van der Waals surface area contributed by atoms with Crippen LogP contribution < -0.4 is 10.1 Å². The lowest BCUT2D eigenvalue weighted by molar-refractivity contribution is -0.0300. The van der Waals surface area contributed by atoms with Crippen LogP contribution in [0.5, 0.6) is 5.75 Å². The second kappa shape index (κ2) is 8.66. The molecule has 1 aromatic carbocycles. The average molecular weight is 327 g/mol. The molecule has 5 nitrogen and oxygen atoms in total. The number of ether oxygens (including phenoxy) is 2. The van der Waals surface area contributed by atoms with Gasteiger partial charge in [-0.25, -0.2) is 0 Å². The van der Waals surface area contributed by atoms with Crippen molar-refractivity contribution in [1.29, 1.82) is 0 Å². The average Bonchev–Trinajstić information content (AvgIpc) is 3.16. The summed E-state index contributed by atoms with van der Waals surface area (Å²) in [5.74, 6) is 1.37. The maximum atomic E-state index is 5.95. The molecule has 1 aliphatic rings. The van der Waals surface area contributed by atoms with E-state index in [2.05, 4.69) is 33.7 Å². The highest BCUT2D eigenvalue weighted by atomic mass is 16.5. The fourth-order valence-electron chi connectivity index (χ4n) is 3.16. The molecule has 0 radical (unpaired) electrons. The van der Waals surface area contributed by atoms with Gasteiger partial charge < -0.3 is 14.8 Å². The predicted octanol–water partition coefficient (Wildman–Crippen LogP) is 3.19. The van der Waals surface area contributed by atoms with Crippen molar-refractivity contribution in [3.05, 3.63) is 53.9 Å². The van der Waals surface area contributed by atoms with Gasteiger partial charge in [0.2, 0.25) is 0 Å². The molecule has 0 unspecified atom stereocenters. The Kier molecular flexibility index (Phi) is 6.04. The van der Waals surface area contributed by atoms with Crippen molar-refractivity contribution < 1.29 is 9.47 Å². The molecule has 1 aromatic heterocycles. The number of benzene rings is 1. The van der Waals surface area contributed by atoms with Gasteiger partial charge in [0.25, 0.3) is 0 Å². The van der Waals surface area contributed by atoms with Gasteiger partial charge in [0, 0.05) is 37.4 Å². The highest BCUT2D eigenvalue weighted by molar-refractivity contribution is 5.57. The molecular formula is C19H25N3O2. The maximum absolute atomic E-state index is 5.95. The van der Waals surface area contributed by atoms with Gasteiger partial charge in [0.1, 0.15) is 11.9 Å². The zero-order valence-electron chi connectivity index (χ0n) is 14.1. The van der Waals surface area contributed by atoms with Crippen LogP contribution in [-0.4, -0.2) is 37.0 Å². The Hall–Kier alpha value is -2.11. The van der Waals surface area contributed by atoms with Crippen LogP contribution in [0.1, 0.15) is 30.2 Å². The second-order valence-corrected chi connectivity index (χ2v) is 6.01. The maximum Gasteiger partial charge on any atom is 0.126 e. The monoisotopic (exact) mass is 327 g/mol. The zero-order valence-corrected chi connectivity index (χ0v) is 14.1. The molecule has 0 saturated carbocycles. The first-order chi connectivity index (χ1) is 11.9. The van der Waals surface area contributed by atoms with Gasteiger partial charge in [-0.1, -0.05) is 30.4 Å². The Balaban J connectivity index is 1.49. The quantitative estimate of drug-likeness (QED) is 0.767. The minimum absolute atomic E-state index is 0.118. The summed E-state index contributed by atoms with van der Waals surface area (Å²) in [4.78, 5) is 0. The molecule has 0 aliphatic carbocycles. The van der Waals surface area contributed by atoms with E-state index in [1.54, 1.807) is 13.3 Å². The van der Waals surface area contributed by atoms with Crippen LogP contribution in [-0.2, 0) is 4.74 Å². The third kappa shape index (κ3) is 4.24. The molecule has 2 N–H and O–H groups in total. The Labute approximate surface area is 143 Å². The van der Waals surface area contributed by atoms with E-state index in [0.717, 1.165) is 43.1 Å². The van der Waals surface area contributed by atoms with Crippen LogP contribution in [0.3, 0.4) is 0 Å². The molecular weight excluding hydrogens is 302 g/mol. The summed E-state index contributed by atoms with van der Waals surface area (Å²) >= 11 is 0. The van der Waals surface area contributed by atoms with Crippen molar-refractivity contribution in [3.8, 4) is 5.75 Å². The lowest BCUT2D eigenvalue weighted by Crippen LogP contribution is -2.32. The first-order valence-electron chi connectivity index (χ1n) is 8.49. The number of methoxy groups -OCH3 is 1. The number of aromatic amines is 1. The van der Waals surface area contributed by atoms with Crippen molar-refractivity contribution in [2.45, 2.75) is 18.9 Å². The van der Waals surface area contributed by atoms with Gasteiger partial charge in [-0.2, -0.15) is 5.10 Å². The third-order valence-electron chi connectivity index (χ3n) is 4.38. The molecule has 1 aliphatic heterocycles. The fraction of sp³-hybridized carbons (Fsp3) is 0.421. The van der Waals surface area contributed by atoms with E-state index in [1.165, 1.54) is 6.42 Å². The largest absolute Gasteiger partial charge is 0.496 e. The lowest BCUT2D eigenvalue weighted by Gasteiger charge is -2.31. The molecule has 0 spiro atoms. The number of nitrogens with one attached hydrogen (secondary N) is 2. The normalized spacial score (nSPS) is 21.2. The van der Waals surface area contributed by atoms with Crippen LogP contribution in [0.2, 0.25) is 0 Å². The summed E-state index contributed by atoms with van der Waals surface area (Å²) in [6.45, 7) is 2.58. The number of hydrogen-bond donors (Lipinski definition) is 2. The molecule has 2 aromatic rings. The first kappa shape index (κ1) is 16.7. The Morgan fingerprint density at radius 1 is 1.38 bits per heavy atom. The summed E-state index contributed by atoms with van der Waals surface area (Å²) in [7, 11) is 1.70. The predicted molar refractivity (Wildman–Crippen MR) is 94.9 cm³/mol. The molecule has 0 bridgehead atoms. The summed E-state index contributed by atoms with van der Waals surface area (Å²) in [5.41, 5.74) is 2.17. The van der Waals surface area contributed by atoms with E-state index in [1.807, 2.05) is 24.3 Å². The highest BCUT2D eigenvalue weighted by Crippen LogP contribution is 2.31. The van der Waals surface area contributed by atoms with Gasteiger partial charge in [0.15, 0.2) is 0 Å². The SMILES string of the molecule is COc1ccccc1/C=C/CNC[C@@H]1CCCO[C@H]1c1ccn[nH]1. The van der Waals surface area contributed by atoms with E-state index < -0.39 is 0 Å². The molecule has 2 heterocycles. The number of para-hydroxylation sites is 1.